The Morgan fingerprint density at radius 3 is 2.78 bits per heavy atom. The molecule has 1 N–H and O–H groups in total. The Morgan fingerprint density at radius 1 is 1.28 bits per heavy atom. The summed E-state index contributed by atoms with van der Waals surface area (Å²) >= 11 is 4.73. The molecule has 0 radical (unpaired) electrons. The molecule has 0 atom stereocenters. The fourth-order valence-electron chi connectivity index (χ4n) is 1.73. The molecular formula is C13H7BrO3S. The number of hydrogen-bond acceptors (Lipinski definition) is 4. The summed E-state index contributed by atoms with van der Waals surface area (Å²) in [6, 6.07) is 8.67. The SMILES string of the molecule is O=c1c(O)c(-c2cc(Br)cs2)oc2ccccc12. The topological polar surface area (TPSA) is 50.4 Å². The third-order valence-corrected chi connectivity index (χ3v) is 4.25. The van der Waals surface area contributed by atoms with Crippen LogP contribution in [0.3, 0.4) is 0 Å². The number of benzene rings is 1. The number of aromatic hydroxyl groups is 1. The van der Waals surface area contributed by atoms with Gasteiger partial charge < -0.3 is 9.52 Å². The van der Waals surface area contributed by atoms with E-state index < -0.39 is 5.43 Å². The van der Waals surface area contributed by atoms with Crippen LogP contribution in [0.25, 0.3) is 21.6 Å². The van der Waals surface area contributed by atoms with E-state index in [2.05, 4.69) is 15.9 Å². The molecule has 0 aliphatic rings. The molecule has 0 bridgehead atoms. The molecule has 0 amide bonds. The van der Waals surface area contributed by atoms with E-state index in [1.807, 2.05) is 5.38 Å². The Labute approximate surface area is 114 Å². The maximum atomic E-state index is 12.0. The van der Waals surface area contributed by atoms with Crippen LogP contribution in [0.5, 0.6) is 5.75 Å². The molecule has 0 fully saturated rings. The normalized spacial score (nSPS) is 10.9. The van der Waals surface area contributed by atoms with Crippen molar-refractivity contribution in [1.29, 1.82) is 0 Å². The van der Waals surface area contributed by atoms with Crippen molar-refractivity contribution in [2.75, 3.05) is 0 Å². The second-order valence-electron chi connectivity index (χ2n) is 3.73. The molecule has 2 heterocycles. The van der Waals surface area contributed by atoms with E-state index in [1.54, 1.807) is 30.3 Å². The quantitative estimate of drug-likeness (QED) is 0.737. The molecular weight excluding hydrogens is 316 g/mol. The zero-order chi connectivity index (χ0) is 12.7. The highest BCUT2D eigenvalue weighted by Crippen LogP contribution is 2.35. The Morgan fingerprint density at radius 2 is 2.06 bits per heavy atom. The van der Waals surface area contributed by atoms with Gasteiger partial charge in [0.05, 0.1) is 10.3 Å². The number of fused-ring (bicyclic) bond motifs is 1. The highest BCUT2D eigenvalue weighted by Gasteiger charge is 2.16. The average molecular weight is 323 g/mol. The largest absolute Gasteiger partial charge is 0.501 e. The highest BCUT2D eigenvalue weighted by molar-refractivity contribution is 9.10. The summed E-state index contributed by atoms with van der Waals surface area (Å²) < 4.78 is 6.50. The third kappa shape index (κ3) is 1.76. The van der Waals surface area contributed by atoms with Crippen molar-refractivity contribution in [3.05, 3.63) is 50.4 Å². The van der Waals surface area contributed by atoms with E-state index in [-0.39, 0.29) is 11.5 Å². The number of rotatable bonds is 1. The fourth-order valence-corrected chi connectivity index (χ4v) is 3.14. The predicted octanol–water partition coefficient (Wildman–Crippen LogP) is 3.99. The zero-order valence-electron chi connectivity index (χ0n) is 9.01. The molecule has 0 saturated carbocycles. The monoisotopic (exact) mass is 322 g/mol. The smallest absolute Gasteiger partial charge is 0.235 e. The summed E-state index contributed by atoms with van der Waals surface area (Å²) in [6.07, 6.45) is 0. The number of hydrogen-bond donors (Lipinski definition) is 1. The van der Waals surface area contributed by atoms with Gasteiger partial charge in [0.25, 0.3) is 0 Å². The van der Waals surface area contributed by atoms with Gasteiger partial charge in [-0.15, -0.1) is 11.3 Å². The van der Waals surface area contributed by atoms with Gasteiger partial charge in [0, 0.05) is 9.85 Å². The minimum atomic E-state index is -0.406. The van der Waals surface area contributed by atoms with Crippen LogP contribution in [0.15, 0.2) is 49.4 Å². The van der Waals surface area contributed by atoms with Gasteiger partial charge in [0.1, 0.15) is 5.58 Å². The number of thiophene rings is 1. The first-order chi connectivity index (χ1) is 8.66. The van der Waals surface area contributed by atoms with Crippen molar-refractivity contribution in [3.63, 3.8) is 0 Å². The van der Waals surface area contributed by atoms with Crippen molar-refractivity contribution in [2.24, 2.45) is 0 Å². The van der Waals surface area contributed by atoms with Crippen molar-refractivity contribution < 1.29 is 9.52 Å². The Bertz CT molecular complexity index is 788. The molecule has 3 nitrogen and oxygen atoms in total. The molecule has 5 heteroatoms. The standard InChI is InChI=1S/C13H7BrO3S/c14-7-5-10(18-6-7)13-12(16)11(15)8-3-1-2-4-9(8)17-13/h1-6,16H. The maximum Gasteiger partial charge on any atom is 0.235 e. The lowest BCUT2D eigenvalue weighted by Gasteiger charge is -2.03. The van der Waals surface area contributed by atoms with Gasteiger partial charge in [-0.25, -0.2) is 0 Å². The van der Waals surface area contributed by atoms with Crippen molar-refractivity contribution >= 4 is 38.2 Å². The number of para-hydroxylation sites is 1. The second-order valence-corrected chi connectivity index (χ2v) is 5.56. The minimum Gasteiger partial charge on any atom is -0.501 e. The highest BCUT2D eigenvalue weighted by atomic mass is 79.9. The van der Waals surface area contributed by atoms with E-state index >= 15 is 0 Å². The average Bonchev–Trinajstić information content (AvgIpc) is 2.80. The molecule has 18 heavy (non-hydrogen) atoms. The molecule has 0 saturated heterocycles. The second kappa shape index (κ2) is 4.26. The first kappa shape index (κ1) is 11.5. The first-order valence-electron chi connectivity index (χ1n) is 5.16. The lowest BCUT2D eigenvalue weighted by atomic mass is 10.2. The summed E-state index contributed by atoms with van der Waals surface area (Å²) in [7, 11) is 0. The van der Waals surface area contributed by atoms with Crippen LogP contribution < -0.4 is 5.43 Å². The van der Waals surface area contributed by atoms with Crippen molar-refractivity contribution in [3.8, 4) is 16.4 Å². The zero-order valence-corrected chi connectivity index (χ0v) is 11.4. The predicted molar refractivity (Wildman–Crippen MR) is 75.2 cm³/mol. The van der Waals surface area contributed by atoms with Crippen LogP contribution in [0.1, 0.15) is 0 Å². The molecule has 0 unspecified atom stereocenters. The van der Waals surface area contributed by atoms with Crippen LogP contribution in [0.2, 0.25) is 0 Å². The van der Waals surface area contributed by atoms with Gasteiger partial charge >= 0.3 is 0 Å². The molecule has 90 valence electrons. The molecule has 0 aliphatic carbocycles. The molecule has 3 rings (SSSR count). The lowest BCUT2D eigenvalue weighted by molar-refractivity contribution is 0.449. The van der Waals surface area contributed by atoms with Crippen LogP contribution in [0, 0.1) is 0 Å². The van der Waals surface area contributed by atoms with Gasteiger partial charge in [0.15, 0.2) is 5.76 Å². The first-order valence-corrected chi connectivity index (χ1v) is 6.83. The Kier molecular flexibility index (Phi) is 2.72. The van der Waals surface area contributed by atoms with Gasteiger partial charge in [-0.2, -0.15) is 0 Å². The van der Waals surface area contributed by atoms with E-state index in [0.29, 0.717) is 15.8 Å². The van der Waals surface area contributed by atoms with Crippen LogP contribution in [-0.4, -0.2) is 5.11 Å². The molecule has 3 aromatic rings. The Hall–Kier alpha value is -1.59. The van der Waals surface area contributed by atoms with E-state index in [9.17, 15) is 9.90 Å². The number of halogens is 1. The van der Waals surface area contributed by atoms with Gasteiger partial charge in [-0.05, 0) is 34.1 Å². The summed E-state index contributed by atoms with van der Waals surface area (Å²) in [5, 5.41) is 12.2. The van der Waals surface area contributed by atoms with E-state index in [0.717, 1.165) is 4.47 Å². The fraction of sp³-hybridized carbons (Fsp3) is 0. The molecule has 2 aromatic heterocycles. The minimum absolute atomic E-state index is 0.217. The Balaban J connectivity index is 2.37. The van der Waals surface area contributed by atoms with Crippen molar-refractivity contribution in [1.82, 2.24) is 0 Å². The van der Waals surface area contributed by atoms with Crippen molar-refractivity contribution in [2.45, 2.75) is 0 Å². The van der Waals surface area contributed by atoms with Gasteiger partial charge in [0.2, 0.25) is 11.2 Å². The van der Waals surface area contributed by atoms with Crippen LogP contribution in [-0.2, 0) is 0 Å². The van der Waals surface area contributed by atoms with Crippen LogP contribution in [0.4, 0.5) is 0 Å². The molecule has 0 aliphatic heterocycles. The summed E-state index contributed by atoms with van der Waals surface area (Å²) in [4.78, 5) is 12.7. The van der Waals surface area contributed by atoms with E-state index in [1.165, 1.54) is 11.3 Å². The molecule has 1 aromatic carbocycles. The van der Waals surface area contributed by atoms with Crippen LogP contribution >= 0.6 is 27.3 Å². The summed E-state index contributed by atoms with van der Waals surface area (Å²) in [5.41, 5.74) is 0.0659. The molecule has 0 spiro atoms. The summed E-state index contributed by atoms with van der Waals surface area (Å²) in [5.74, 6) is -0.127. The van der Waals surface area contributed by atoms with Gasteiger partial charge in [-0.3, -0.25) is 4.79 Å². The van der Waals surface area contributed by atoms with E-state index in [4.69, 9.17) is 4.42 Å². The lowest BCUT2D eigenvalue weighted by Crippen LogP contribution is -2.01. The summed E-state index contributed by atoms with van der Waals surface area (Å²) in [6.45, 7) is 0. The van der Waals surface area contributed by atoms with Gasteiger partial charge in [-0.1, -0.05) is 12.1 Å². The maximum absolute atomic E-state index is 12.0. The third-order valence-electron chi connectivity index (χ3n) is 2.57.